The maximum Gasteiger partial charge on any atom is 0.159 e. The van der Waals surface area contributed by atoms with E-state index in [2.05, 4.69) is 27.0 Å². The van der Waals surface area contributed by atoms with E-state index in [0.717, 1.165) is 23.8 Å². The summed E-state index contributed by atoms with van der Waals surface area (Å²) < 4.78 is 1.63. The van der Waals surface area contributed by atoms with E-state index in [-0.39, 0.29) is 0 Å². The van der Waals surface area contributed by atoms with Gasteiger partial charge in [0.15, 0.2) is 5.82 Å². The van der Waals surface area contributed by atoms with Gasteiger partial charge in [0.1, 0.15) is 18.5 Å². The Morgan fingerprint density at radius 2 is 2.21 bits per heavy atom. The van der Waals surface area contributed by atoms with Crippen molar-refractivity contribution in [1.29, 1.82) is 0 Å². The topological polar surface area (TPSA) is 56.5 Å². The summed E-state index contributed by atoms with van der Waals surface area (Å²) in [5.41, 5.74) is 1.02. The maximum atomic E-state index is 4.29. The molecule has 0 bridgehead atoms. The van der Waals surface area contributed by atoms with E-state index in [0.29, 0.717) is 0 Å². The van der Waals surface area contributed by atoms with Crippen LogP contribution in [0.15, 0.2) is 18.7 Å². The normalized spacial score (nSPS) is 10.4. The molecule has 72 valence electrons. The molecule has 0 saturated heterocycles. The third kappa shape index (κ3) is 1.61. The Bertz CT molecular complexity index is 421. The fourth-order valence-electron chi connectivity index (χ4n) is 1.24. The Morgan fingerprint density at radius 1 is 1.36 bits per heavy atom. The first-order valence-electron chi connectivity index (χ1n) is 4.49. The third-order valence-corrected chi connectivity index (χ3v) is 1.89. The molecule has 5 nitrogen and oxygen atoms in total. The van der Waals surface area contributed by atoms with Crippen LogP contribution < -0.4 is 0 Å². The van der Waals surface area contributed by atoms with Crippen LogP contribution in [-0.2, 0) is 6.42 Å². The molecule has 0 aliphatic heterocycles. The number of nitrogens with zero attached hydrogens (tertiary/aromatic N) is 5. The second-order valence-electron chi connectivity index (χ2n) is 2.96. The van der Waals surface area contributed by atoms with Crippen molar-refractivity contribution in [3.63, 3.8) is 0 Å². The lowest BCUT2D eigenvalue weighted by Crippen LogP contribution is -2.03. The van der Waals surface area contributed by atoms with Crippen LogP contribution >= 0.6 is 0 Å². The molecule has 5 heteroatoms. The van der Waals surface area contributed by atoms with Crippen molar-refractivity contribution in [1.82, 2.24) is 24.7 Å². The van der Waals surface area contributed by atoms with E-state index in [1.165, 1.54) is 6.33 Å². The number of hydrogen-bond donors (Lipinski definition) is 0. The van der Waals surface area contributed by atoms with Gasteiger partial charge in [-0.05, 0) is 13.3 Å². The van der Waals surface area contributed by atoms with Gasteiger partial charge in [-0.1, -0.05) is 6.92 Å². The number of hydrogen-bond acceptors (Lipinski definition) is 4. The lowest BCUT2D eigenvalue weighted by Gasteiger charge is -2.03. The zero-order valence-electron chi connectivity index (χ0n) is 8.18. The summed E-state index contributed by atoms with van der Waals surface area (Å²) in [5.74, 6) is 1.53. The molecule has 0 unspecified atom stereocenters. The highest BCUT2D eigenvalue weighted by Gasteiger charge is 2.02. The fourth-order valence-corrected chi connectivity index (χ4v) is 1.24. The van der Waals surface area contributed by atoms with Crippen LogP contribution in [0.1, 0.15) is 18.4 Å². The molecule has 0 fully saturated rings. The number of rotatable bonds is 2. The van der Waals surface area contributed by atoms with Gasteiger partial charge < -0.3 is 0 Å². The maximum absolute atomic E-state index is 4.29. The lowest BCUT2D eigenvalue weighted by atomic mass is 10.3. The van der Waals surface area contributed by atoms with Crippen molar-refractivity contribution in [2.75, 3.05) is 0 Å². The van der Waals surface area contributed by atoms with E-state index < -0.39 is 0 Å². The van der Waals surface area contributed by atoms with E-state index in [9.17, 15) is 0 Å². The van der Waals surface area contributed by atoms with Crippen LogP contribution in [-0.4, -0.2) is 24.7 Å². The zero-order chi connectivity index (χ0) is 9.97. The molecule has 2 rings (SSSR count). The predicted octanol–water partition coefficient (Wildman–Crippen LogP) is 0.928. The van der Waals surface area contributed by atoms with Gasteiger partial charge in [-0.2, -0.15) is 5.10 Å². The second-order valence-corrected chi connectivity index (χ2v) is 2.96. The van der Waals surface area contributed by atoms with E-state index in [1.807, 2.05) is 13.0 Å². The first-order valence-corrected chi connectivity index (χ1v) is 4.49. The highest BCUT2D eigenvalue weighted by molar-refractivity contribution is 5.23. The largest absolute Gasteiger partial charge is 0.238 e. The first kappa shape index (κ1) is 8.80. The van der Waals surface area contributed by atoms with Gasteiger partial charge >= 0.3 is 0 Å². The van der Waals surface area contributed by atoms with Crippen molar-refractivity contribution in [2.24, 2.45) is 0 Å². The summed E-state index contributed by atoms with van der Waals surface area (Å²) in [7, 11) is 0. The molecule has 0 aliphatic carbocycles. The summed E-state index contributed by atoms with van der Waals surface area (Å²) in [6.07, 6.45) is 4.01. The smallest absolute Gasteiger partial charge is 0.159 e. The molecule has 2 heterocycles. The van der Waals surface area contributed by atoms with Crippen LogP contribution in [0.4, 0.5) is 0 Å². The summed E-state index contributed by atoms with van der Waals surface area (Å²) >= 11 is 0. The molecule has 2 aromatic rings. The van der Waals surface area contributed by atoms with Gasteiger partial charge in [-0.15, -0.1) is 0 Å². The van der Waals surface area contributed by atoms with Crippen LogP contribution in [0.2, 0.25) is 0 Å². The SMILES string of the molecule is CCc1cc(-n2cncn2)nc(C)n1. The average Bonchev–Trinajstić information content (AvgIpc) is 2.69. The van der Waals surface area contributed by atoms with Gasteiger partial charge in [0, 0.05) is 11.8 Å². The predicted molar refractivity (Wildman–Crippen MR) is 51.1 cm³/mol. The van der Waals surface area contributed by atoms with E-state index in [4.69, 9.17) is 0 Å². The summed E-state index contributed by atoms with van der Waals surface area (Å²) in [4.78, 5) is 12.4. The Balaban J connectivity index is 2.48. The molecule has 0 amide bonds. The molecule has 0 aliphatic rings. The minimum atomic E-state index is 0.759. The van der Waals surface area contributed by atoms with Crippen molar-refractivity contribution in [2.45, 2.75) is 20.3 Å². The minimum Gasteiger partial charge on any atom is -0.238 e. The standard InChI is InChI=1S/C9H11N5/c1-3-8-4-9(13-7(2)12-8)14-6-10-5-11-14/h4-6H,3H2,1-2H3. The second kappa shape index (κ2) is 3.53. The Morgan fingerprint density at radius 3 is 2.86 bits per heavy atom. The molecular weight excluding hydrogens is 178 g/mol. The van der Waals surface area contributed by atoms with Crippen molar-refractivity contribution in [3.05, 3.63) is 30.2 Å². The van der Waals surface area contributed by atoms with Crippen molar-refractivity contribution >= 4 is 0 Å². The molecule has 0 N–H and O–H groups in total. The van der Waals surface area contributed by atoms with E-state index in [1.54, 1.807) is 11.0 Å². The van der Waals surface area contributed by atoms with Crippen LogP contribution in [0.3, 0.4) is 0 Å². The molecule has 0 saturated carbocycles. The zero-order valence-corrected chi connectivity index (χ0v) is 8.18. The molecule has 2 aromatic heterocycles. The van der Waals surface area contributed by atoms with Gasteiger partial charge in [-0.3, -0.25) is 0 Å². The highest BCUT2D eigenvalue weighted by atomic mass is 15.3. The summed E-state index contributed by atoms with van der Waals surface area (Å²) in [6, 6.07) is 1.92. The van der Waals surface area contributed by atoms with Gasteiger partial charge in [0.2, 0.25) is 0 Å². The molecule has 0 atom stereocenters. The Labute approximate surface area is 81.8 Å². The van der Waals surface area contributed by atoms with Gasteiger partial charge in [0.05, 0.1) is 0 Å². The van der Waals surface area contributed by atoms with Gasteiger partial charge in [-0.25, -0.2) is 19.6 Å². The molecule has 0 radical (unpaired) electrons. The molecular formula is C9H11N5. The average molecular weight is 189 g/mol. The first-order chi connectivity index (χ1) is 6.79. The fraction of sp³-hybridized carbons (Fsp3) is 0.333. The molecule has 14 heavy (non-hydrogen) atoms. The lowest BCUT2D eigenvalue weighted by molar-refractivity contribution is 0.813. The number of aromatic nitrogens is 5. The van der Waals surface area contributed by atoms with Crippen molar-refractivity contribution in [3.8, 4) is 5.82 Å². The van der Waals surface area contributed by atoms with Crippen LogP contribution in [0, 0.1) is 6.92 Å². The Kier molecular flexibility index (Phi) is 2.22. The quantitative estimate of drug-likeness (QED) is 0.705. The van der Waals surface area contributed by atoms with Crippen LogP contribution in [0.25, 0.3) is 5.82 Å². The minimum absolute atomic E-state index is 0.759. The van der Waals surface area contributed by atoms with E-state index >= 15 is 0 Å². The highest BCUT2D eigenvalue weighted by Crippen LogP contribution is 2.05. The monoisotopic (exact) mass is 189 g/mol. The molecule has 0 spiro atoms. The van der Waals surface area contributed by atoms with Gasteiger partial charge in [0.25, 0.3) is 0 Å². The summed E-state index contributed by atoms with van der Waals surface area (Å²) in [5, 5.41) is 4.02. The third-order valence-electron chi connectivity index (χ3n) is 1.89. The molecule has 0 aromatic carbocycles. The number of aryl methyl sites for hydroxylation is 2. The van der Waals surface area contributed by atoms with Crippen LogP contribution in [0.5, 0.6) is 0 Å². The van der Waals surface area contributed by atoms with Crippen molar-refractivity contribution < 1.29 is 0 Å². The Hall–Kier alpha value is -1.78. The summed E-state index contributed by atoms with van der Waals surface area (Å²) in [6.45, 7) is 3.94.